The van der Waals surface area contributed by atoms with E-state index in [9.17, 15) is 14.7 Å². The van der Waals surface area contributed by atoms with Crippen LogP contribution in [0.25, 0.3) is 11.3 Å². The lowest BCUT2D eigenvalue weighted by atomic mass is 10.0. The van der Waals surface area contributed by atoms with Crippen LogP contribution in [0.3, 0.4) is 0 Å². The number of rotatable bonds is 9. The molecule has 0 spiro atoms. The van der Waals surface area contributed by atoms with E-state index in [4.69, 9.17) is 9.72 Å². The minimum atomic E-state index is -0.970. The van der Waals surface area contributed by atoms with Crippen molar-refractivity contribution in [3.8, 4) is 11.3 Å². The molecule has 1 saturated heterocycles. The van der Waals surface area contributed by atoms with Crippen LogP contribution in [0.4, 0.5) is 4.79 Å². The zero-order chi connectivity index (χ0) is 27.9. The molecule has 2 atom stereocenters. The molecule has 2 amide bonds. The van der Waals surface area contributed by atoms with Gasteiger partial charge in [0, 0.05) is 32.3 Å². The summed E-state index contributed by atoms with van der Waals surface area (Å²) < 4.78 is 7.67. The van der Waals surface area contributed by atoms with Crippen LogP contribution in [0.5, 0.6) is 0 Å². The Kier molecular flexibility index (Phi) is 8.56. The van der Waals surface area contributed by atoms with E-state index in [1.54, 1.807) is 18.3 Å². The van der Waals surface area contributed by atoms with Gasteiger partial charge in [0.05, 0.1) is 30.7 Å². The highest BCUT2D eigenvalue weighted by Crippen LogP contribution is 2.30. The highest BCUT2D eigenvalue weighted by atomic mass is 16.5. The van der Waals surface area contributed by atoms with Crippen LogP contribution in [-0.4, -0.2) is 75.9 Å². The first-order valence-electron chi connectivity index (χ1n) is 13.5. The van der Waals surface area contributed by atoms with E-state index in [-0.39, 0.29) is 31.1 Å². The Hall–Kier alpha value is -4.43. The van der Waals surface area contributed by atoms with E-state index < -0.39 is 6.09 Å². The van der Waals surface area contributed by atoms with Crippen LogP contribution in [0.2, 0.25) is 0 Å². The molecule has 1 aromatic heterocycles. The third-order valence-corrected chi connectivity index (χ3v) is 7.44. The molecule has 0 saturated carbocycles. The number of aromatic nitrogens is 2. The van der Waals surface area contributed by atoms with Gasteiger partial charge >= 0.3 is 6.09 Å². The minimum absolute atomic E-state index is 0.0828. The lowest BCUT2D eigenvalue weighted by Crippen LogP contribution is -2.57. The van der Waals surface area contributed by atoms with Crippen molar-refractivity contribution in [2.24, 2.45) is 0 Å². The number of carboxylic acid groups (broad SMARTS) is 1. The molecule has 4 aromatic rings. The van der Waals surface area contributed by atoms with Gasteiger partial charge in [-0.2, -0.15) is 0 Å². The number of imidazole rings is 1. The highest BCUT2D eigenvalue weighted by Gasteiger charge is 2.36. The minimum Gasteiger partial charge on any atom is -0.465 e. The van der Waals surface area contributed by atoms with Gasteiger partial charge in [-0.3, -0.25) is 4.79 Å². The zero-order valence-corrected chi connectivity index (χ0v) is 22.6. The molecule has 8 heteroatoms. The molecule has 1 fully saturated rings. The summed E-state index contributed by atoms with van der Waals surface area (Å²) in [5.41, 5.74) is 4.21. The van der Waals surface area contributed by atoms with Crippen molar-refractivity contribution in [3.63, 3.8) is 0 Å². The van der Waals surface area contributed by atoms with Gasteiger partial charge in [0.2, 0.25) is 0 Å². The Morgan fingerprint density at radius 3 is 2.17 bits per heavy atom. The second-order valence-electron chi connectivity index (χ2n) is 10.1. The largest absolute Gasteiger partial charge is 0.465 e. The number of benzene rings is 3. The molecule has 8 nitrogen and oxygen atoms in total. The Morgan fingerprint density at radius 2 is 1.55 bits per heavy atom. The predicted octanol–water partition coefficient (Wildman–Crippen LogP) is 5.03. The van der Waals surface area contributed by atoms with E-state index in [1.165, 1.54) is 4.90 Å². The smallest absolute Gasteiger partial charge is 0.407 e. The molecule has 206 valence electrons. The molecule has 0 aliphatic carbocycles. The maximum Gasteiger partial charge on any atom is 0.407 e. The normalized spacial score (nSPS) is 16.1. The number of ether oxygens (including phenoxy) is 1. The van der Waals surface area contributed by atoms with E-state index in [0.717, 1.165) is 22.4 Å². The summed E-state index contributed by atoms with van der Waals surface area (Å²) in [4.78, 5) is 34.0. The first-order chi connectivity index (χ1) is 19.5. The fourth-order valence-corrected chi connectivity index (χ4v) is 5.49. The highest BCUT2D eigenvalue weighted by molar-refractivity contribution is 5.98. The molecule has 0 unspecified atom stereocenters. The average molecular weight is 539 g/mol. The first-order valence-corrected chi connectivity index (χ1v) is 13.5. The fraction of sp³-hybridized carbons (Fsp3) is 0.281. The Morgan fingerprint density at radius 1 is 0.925 bits per heavy atom. The van der Waals surface area contributed by atoms with Crippen molar-refractivity contribution in [1.82, 2.24) is 19.4 Å². The van der Waals surface area contributed by atoms with Crippen LogP contribution in [-0.2, 0) is 17.6 Å². The molecule has 40 heavy (non-hydrogen) atoms. The third kappa shape index (κ3) is 6.07. The van der Waals surface area contributed by atoms with Gasteiger partial charge in [-0.25, -0.2) is 9.78 Å². The molecule has 0 radical (unpaired) electrons. The molecule has 0 bridgehead atoms. The van der Waals surface area contributed by atoms with E-state index >= 15 is 0 Å². The summed E-state index contributed by atoms with van der Waals surface area (Å²) >= 11 is 0. The van der Waals surface area contributed by atoms with Crippen LogP contribution < -0.4 is 0 Å². The number of methoxy groups -OCH3 is 1. The number of carbonyl (C=O) groups excluding carboxylic acids is 1. The standard InChI is InChI=1S/C32H34N4O4/c1-40-22-28(20-25-13-7-3-8-14-25)36-23-33-29(30(36)26-15-9-4-10-16-26)31(37)35-18-17-34(32(38)39)21-27(35)19-24-11-5-2-6-12-24/h2-16,23,27-28H,17-22H2,1H3,(H,38,39)/t27-,28-/m1/s1. The number of amides is 2. The topological polar surface area (TPSA) is 87.9 Å². The van der Waals surface area contributed by atoms with Gasteiger partial charge in [0.1, 0.15) is 0 Å². The Labute approximate surface area is 234 Å². The number of hydrogen-bond acceptors (Lipinski definition) is 4. The van der Waals surface area contributed by atoms with Gasteiger partial charge in [0.15, 0.2) is 5.69 Å². The summed E-state index contributed by atoms with van der Waals surface area (Å²) in [6.07, 6.45) is 2.04. The number of hydrogen-bond donors (Lipinski definition) is 1. The fourth-order valence-electron chi connectivity index (χ4n) is 5.49. The first kappa shape index (κ1) is 27.1. The Bertz CT molecular complexity index is 1410. The summed E-state index contributed by atoms with van der Waals surface area (Å²) in [6.45, 7) is 1.26. The molecular weight excluding hydrogens is 504 g/mol. The molecule has 3 aromatic carbocycles. The van der Waals surface area contributed by atoms with Crippen molar-refractivity contribution in [1.29, 1.82) is 0 Å². The van der Waals surface area contributed by atoms with Gasteiger partial charge < -0.3 is 24.2 Å². The van der Waals surface area contributed by atoms with Crippen LogP contribution in [0, 0.1) is 0 Å². The lowest BCUT2D eigenvalue weighted by molar-refractivity contribution is 0.0447. The summed E-state index contributed by atoms with van der Waals surface area (Å²) in [7, 11) is 1.68. The molecule has 5 rings (SSSR count). The SMILES string of the molecule is COC[C@@H](Cc1ccccc1)n1cnc(C(=O)N2CCN(C(=O)O)C[C@H]2Cc2ccccc2)c1-c1ccccc1. The van der Waals surface area contributed by atoms with E-state index in [2.05, 4.69) is 16.7 Å². The second kappa shape index (κ2) is 12.6. The van der Waals surface area contributed by atoms with Gasteiger partial charge in [0.25, 0.3) is 5.91 Å². The molecule has 1 aliphatic rings. The van der Waals surface area contributed by atoms with Gasteiger partial charge in [-0.05, 0) is 24.0 Å². The van der Waals surface area contributed by atoms with E-state index in [1.807, 2.05) is 78.9 Å². The maximum absolute atomic E-state index is 14.3. The van der Waals surface area contributed by atoms with E-state index in [0.29, 0.717) is 31.7 Å². The average Bonchev–Trinajstić information content (AvgIpc) is 3.43. The quantitative estimate of drug-likeness (QED) is 0.323. The molecule has 1 aliphatic heterocycles. The van der Waals surface area contributed by atoms with Crippen molar-refractivity contribution in [2.45, 2.75) is 24.9 Å². The zero-order valence-electron chi connectivity index (χ0n) is 22.6. The summed E-state index contributed by atoms with van der Waals surface area (Å²) in [5, 5.41) is 9.69. The molecule has 2 heterocycles. The van der Waals surface area contributed by atoms with Crippen molar-refractivity contribution < 1.29 is 19.4 Å². The lowest BCUT2D eigenvalue weighted by Gasteiger charge is -2.40. The van der Waals surface area contributed by atoms with Gasteiger partial charge in [-0.15, -0.1) is 0 Å². The maximum atomic E-state index is 14.3. The van der Waals surface area contributed by atoms with Crippen LogP contribution in [0.1, 0.15) is 27.7 Å². The van der Waals surface area contributed by atoms with Crippen LogP contribution >= 0.6 is 0 Å². The molecular formula is C32H34N4O4. The number of carbonyl (C=O) groups is 2. The van der Waals surface area contributed by atoms with Gasteiger partial charge in [-0.1, -0.05) is 91.0 Å². The second-order valence-corrected chi connectivity index (χ2v) is 10.1. The summed E-state index contributed by atoms with van der Waals surface area (Å²) in [6, 6.07) is 29.5. The monoisotopic (exact) mass is 538 g/mol. The Balaban J connectivity index is 1.52. The third-order valence-electron chi connectivity index (χ3n) is 7.44. The van der Waals surface area contributed by atoms with Crippen molar-refractivity contribution in [3.05, 3.63) is 114 Å². The van der Waals surface area contributed by atoms with Crippen LogP contribution in [0.15, 0.2) is 97.3 Å². The number of piperazine rings is 1. The summed E-state index contributed by atoms with van der Waals surface area (Å²) in [5.74, 6) is -0.195. The number of nitrogens with zero attached hydrogens (tertiary/aromatic N) is 4. The predicted molar refractivity (Wildman–Crippen MR) is 153 cm³/mol. The molecule has 1 N–H and O–H groups in total. The van der Waals surface area contributed by atoms with Crippen molar-refractivity contribution >= 4 is 12.0 Å². The van der Waals surface area contributed by atoms with Crippen molar-refractivity contribution in [2.75, 3.05) is 33.4 Å².